The van der Waals surface area contributed by atoms with Crippen LogP contribution in [0, 0.1) is 17.6 Å². The third kappa shape index (κ3) is 5.02. The standard InChI is InChI=1S/C21H31F2NO2/c1-25-15-21(9-12-26-13-10-21)24-11-8-16-2-4-17(5-3-16)19-7-6-18(22)14-20(19)23/h6-7,14,16-17,24H,2-5,8-13,15H2,1H3. The number of hydrogen-bond acceptors (Lipinski definition) is 3. The molecule has 3 rings (SSSR count). The maximum Gasteiger partial charge on any atom is 0.129 e. The van der Waals surface area contributed by atoms with E-state index >= 15 is 0 Å². The van der Waals surface area contributed by atoms with Crippen LogP contribution in [0.1, 0.15) is 56.4 Å². The third-order valence-corrected chi connectivity index (χ3v) is 6.17. The summed E-state index contributed by atoms with van der Waals surface area (Å²) in [5, 5.41) is 3.73. The largest absolute Gasteiger partial charge is 0.383 e. The van der Waals surface area contributed by atoms with Gasteiger partial charge in [-0.3, -0.25) is 0 Å². The van der Waals surface area contributed by atoms with Crippen LogP contribution in [0.4, 0.5) is 8.78 Å². The van der Waals surface area contributed by atoms with Crippen molar-refractivity contribution in [2.24, 2.45) is 5.92 Å². The lowest BCUT2D eigenvalue weighted by atomic mass is 9.77. The number of benzene rings is 1. The van der Waals surface area contributed by atoms with Gasteiger partial charge < -0.3 is 14.8 Å². The fourth-order valence-corrected chi connectivity index (χ4v) is 4.55. The van der Waals surface area contributed by atoms with Crippen molar-refractivity contribution in [2.75, 3.05) is 33.5 Å². The number of halogens is 2. The number of rotatable bonds is 7. The Morgan fingerprint density at radius 1 is 1.15 bits per heavy atom. The molecular formula is C21H31F2NO2. The van der Waals surface area contributed by atoms with E-state index in [-0.39, 0.29) is 11.5 Å². The van der Waals surface area contributed by atoms with Gasteiger partial charge in [-0.15, -0.1) is 0 Å². The van der Waals surface area contributed by atoms with Crippen LogP contribution in [0.5, 0.6) is 0 Å². The van der Waals surface area contributed by atoms with Crippen LogP contribution >= 0.6 is 0 Å². The van der Waals surface area contributed by atoms with Crippen LogP contribution in [-0.2, 0) is 9.47 Å². The van der Waals surface area contributed by atoms with Crippen molar-refractivity contribution in [3.8, 4) is 0 Å². The lowest BCUT2D eigenvalue weighted by molar-refractivity contribution is 0.0000453. The second-order valence-electron chi connectivity index (χ2n) is 7.92. The molecule has 1 aliphatic heterocycles. The van der Waals surface area contributed by atoms with Crippen LogP contribution in [0.25, 0.3) is 0 Å². The third-order valence-electron chi connectivity index (χ3n) is 6.17. The molecule has 1 N–H and O–H groups in total. The molecule has 1 saturated heterocycles. The van der Waals surface area contributed by atoms with E-state index in [0.717, 1.165) is 77.4 Å². The predicted octanol–water partition coefficient (Wildman–Crippen LogP) is 4.41. The second kappa shape index (κ2) is 9.25. The Morgan fingerprint density at radius 3 is 2.54 bits per heavy atom. The van der Waals surface area contributed by atoms with E-state index in [1.54, 1.807) is 13.2 Å². The molecule has 0 atom stereocenters. The molecule has 5 heteroatoms. The number of hydrogen-bond donors (Lipinski definition) is 1. The normalized spacial score (nSPS) is 26.0. The van der Waals surface area contributed by atoms with Crippen LogP contribution in [0.3, 0.4) is 0 Å². The maximum atomic E-state index is 14.0. The Balaban J connectivity index is 1.44. The number of nitrogens with one attached hydrogen (secondary N) is 1. The van der Waals surface area contributed by atoms with Crippen LogP contribution in [-0.4, -0.2) is 39.0 Å². The van der Waals surface area contributed by atoms with Crippen molar-refractivity contribution in [3.05, 3.63) is 35.4 Å². The molecule has 0 radical (unpaired) electrons. The Hall–Kier alpha value is -1.04. The van der Waals surface area contributed by atoms with Crippen LogP contribution in [0.15, 0.2) is 18.2 Å². The van der Waals surface area contributed by atoms with Crippen LogP contribution in [0.2, 0.25) is 0 Å². The Morgan fingerprint density at radius 2 is 1.88 bits per heavy atom. The zero-order valence-corrected chi connectivity index (χ0v) is 15.7. The minimum absolute atomic E-state index is 0.0570. The summed E-state index contributed by atoms with van der Waals surface area (Å²) in [4.78, 5) is 0. The molecule has 3 nitrogen and oxygen atoms in total. The minimum Gasteiger partial charge on any atom is -0.383 e. The van der Waals surface area contributed by atoms with E-state index in [1.165, 1.54) is 6.07 Å². The molecule has 1 aliphatic carbocycles. The monoisotopic (exact) mass is 367 g/mol. The molecule has 1 heterocycles. The Bertz CT molecular complexity index is 562. The highest BCUT2D eigenvalue weighted by Crippen LogP contribution is 2.38. The first-order chi connectivity index (χ1) is 12.6. The lowest BCUT2D eigenvalue weighted by Crippen LogP contribution is -2.53. The van der Waals surface area contributed by atoms with Crippen molar-refractivity contribution < 1.29 is 18.3 Å². The summed E-state index contributed by atoms with van der Waals surface area (Å²) in [5.41, 5.74) is 0.741. The fourth-order valence-electron chi connectivity index (χ4n) is 4.55. The van der Waals surface area contributed by atoms with Gasteiger partial charge in [0.25, 0.3) is 0 Å². The Labute approximate surface area is 155 Å². The van der Waals surface area contributed by atoms with Gasteiger partial charge in [0.2, 0.25) is 0 Å². The zero-order chi connectivity index (χ0) is 18.4. The average molecular weight is 367 g/mol. The van der Waals surface area contributed by atoms with Gasteiger partial charge in [-0.2, -0.15) is 0 Å². The van der Waals surface area contributed by atoms with E-state index in [0.29, 0.717) is 11.5 Å². The van der Waals surface area contributed by atoms with Crippen molar-refractivity contribution in [3.63, 3.8) is 0 Å². The quantitative estimate of drug-likeness (QED) is 0.774. The van der Waals surface area contributed by atoms with Crippen molar-refractivity contribution in [2.45, 2.75) is 56.4 Å². The van der Waals surface area contributed by atoms with E-state index < -0.39 is 11.6 Å². The highest BCUT2D eigenvalue weighted by molar-refractivity contribution is 5.23. The first-order valence-electron chi connectivity index (χ1n) is 9.88. The van der Waals surface area contributed by atoms with E-state index in [2.05, 4.69) is 5.32 Å². The van der Waals surface area contributed by atoms with Crippen molar-refractivity contribution >= 4 is 0 Å². The molecule has 1 saturated carbocycles. The molecule has 0 bridgehead atoms. The van der Waals surface area contributed by atoms with Gasteiger partial charge in [0.1, 0.15) is 11.6 Å². The molecule has 0 aromatic heterocycles. The van der Waals surface area contributed by atoms with Gasteiger partial charge in [-0.25, -0.2) is 8.78 Å². The lowest BCUT2D eigenvalue weighted by Gasteiger charge is -2.38. The summed E-state index contributed by atoms with van der Waals surface area (Å²) in [6, 6.07) is 4.00. The second-order valence-corrected chi connectivity index (χ2v) is 7.92. The van der Waals surface area contributed by atoms with E-state index in [4.69, 9.17) is 9.47 Å². The van der Waals surface area contributed by atoms with Crippen LogP contribution < -0.4 is 5.32 Å². The first-order valence-corrected chi connectivity index (χ1v) is 9.88. The first kappa shape index (κ1) is 19.7. The molecule has 1 aromatic carbocycles. The van der Waals surface area contributed by atoms with Gasteiger partial charge in [0.05, 0.1) is 6.61 Å². The molecule has 0 amide bonds. The average Bonchev–Trinajstić information content (AvgIpc) is 2.64. The zero-order valence-electron chi connectivity index (χ0n) is 15.7. The maximum absolute atomic E-state index is 14.0. The summed E-state index contributed by atoms with van der Waals surface area (Å²) >= 11 is 0. The van der Waals surface area contributed by atoms with Gasteiger partial charge in [0, 0.05) is 31.9 Å². The molecule has 26 heavy (non-hydrogen) atoms. The molecular weight excluding hydrogens is 336 g/mol. The van der Waals surface area contributed by atoms with E-state index in [9.17, 15) is 8.78 Å². The number of methoxy groups -OCH3 is 1. The summed E-state index contributed by atoms with van der Waals surface area (Å²) < 4.78 is 38.0. The van der Waals surface area contributed by atoms with Crippen molar-refractivity contribution in [1.29, 1.82) is 0 Å². The summed E-state index contributed by atoms with van der Waals surface area (Å²) in [6.45, 7) is 3.31. The van der Waals surface area contributed by atoms with Gasteiger partial charge in [-0.05, 0) is 75.0 Å². The predicted molar refractivity (Wildman–Crippen MR) is 98.3 cm³/mol. The minimum atomic E-state index is -0.496. The summed E-state index contributed by atoms with van der Waals surface area (Å²) in [5.74, 6) is 0.0251. The SMILES string of the molecule is COCC1(NCCC2CCC(c3ccc(F)cc3F)CC2)CCOCC1. The molecule has 2 fully saturated rings. The molecule has 2 aliphatic rings. The van der Waals surface area contributed by atoms with E-state index in [1.807, 2.05) is 0 Å². The van der Waals surface area contributed by atoms with Gasteiger partial charge in [0.15, 0.2) is 0 Å². The fraction of sp³-hybridized carbons (Fsp3) is 0.714. The molecule has 1 aromatic rings. The Kier molecular flexibility index (Phi) is 7.01. The summed E-state index contributed by atoms with van der Waals surface area (Å²) in [6.07, 6.45) is 7.35. The molecule has 0 unspecified atom stereocenters. The van der Waals surface area contributed by atoms with Gasteiger partial charge in [-0.1, -0.05) is 6.07 Å². The smallest absolute Gasteiger partial charge is 0.129 e. The topological polar surface area (TPSA) is 30.5 Å². The van der Waals surface area contributed by atoms with Gasteiger partial charge >= 0.3 is 0 Å². The highest BCUT2D eigenvalue weighted by atomic mass is 19.1. The molecule has 0 spiro atoms. The van der Waals surface area contributed by atoms with Crippen molar-refractivity contribution in [1.82, 2.24) is 5.32 Å². The highest BCUT2D eigenvalue weighted by Gasteiger charge is 2.32. The molecule has 146 valence electrons. The summed E-state index contributed by atoms with van der Waals surface area (Å²) in [7, 11) is 1.76. The number of ether oxygens (including phenoxy) is 2.